The fraction of sp³-hybridized carbons (Fsp3) is 1.00. The molecule has 0 bridgehead atoms. The van der Waals surface area contributed by atoms with Crippen molar-refractivity contribution in [3.63, 3.8) is 0 Å². The molecule has 3 unspecified atom stereocenters. The smallest absolute Gasteiger partial charge is 0.0274 e. The summed E-state index contributed by atoms with van der Waals surface area (Å²) in [6, 6.07) is 2.12. The molecule has 3 atom stereocenters. The SMILES string of the molecule is CCNC1C(N2CCN(CC)C(C)C2)CCC1(C)C. The molecule has 0 radical (unpaired) electrons. The van der Waals surface area contributed by atoms with Gasteiger partial charge in [0, 0.05) is 37.8 Å². The van der Waals surface area contributed by atoms with E-state index in [1.165, 1.54) is 39.0 Å². The Kier molecular flexibility index (Phi) is 4.91. The zero-order valence-electron chi connectivity index (χ0n) is 13.6. The maximum absolute atomic E-state index is 3.77. The van der Waals surface area contributed by atoms with Crippen LogP contribution in [0.4, 0.5) is 0 Å². The molecule has 0 amide bonds. The highest BCUT2D eigenvalue weighted by Crippen LogP contribution is 2.40. The molecule has 0 spiro atoms. The van der Waals surface area contributed by atoms with Crippen LogP contribution in [0.2, 0.25) is 0 Å². The van der Waals surface area contributed by atoms with Crippen molar-refractivity contribution in [2.75, 3.05) is 32.7 Å². The van der Waals surface area contributed by atoms with Gasteiger partial charge in [-0.2, -0.15) is 0 Å². The molecule has 3 heteroatoms. The third kappa shape index (κ3) is 3.14. The highest BCUT2D eigenvalue weighted by Gasteiger charge is 2.44. The monoisotopic (exact) mass is 267 g/mol. The van der Waals surface area contributed by atoms with E-state index in [1.807, 2.05) is 0 Å². The van der Waals surface area contributed by atoms with Crippen LogP contribution in [-0.2, 0) is 0 Å². The van der Waals surface area contributed by atoms with E-state index in [4.69, 9.17) is 0 Å². The number of hydrogen-bond donors (Lipinski definition) is 1. The van der Waals surface area contributed by atoms with Gasteiger partial charge in [0.1, 0.15) is 0 Å². The first kappa shape index (κ1) is 15.3. The first-order valence-electron chi connectivity index (χ1n) is 8.21. The van der Waals surface area contributed by atoms with Gasteiger partial charge in [0.15, 0.2) is 0 Å². The van der Waals surface area contributed by atoms with Crippen molar-refractivity contribution in [2.24, 2.45) is 5.41 Å². The largest absolute Gasteiger partial charge is 0.312 e. The first-order chi connectivity index (χ1) is 8.99. The summed E-state index contributed by atoms with van der Waals surface area (Å²) in [5, 5.41) is 3.77. The lowest BCUT2D eigenvalue weighted by Crippen LogP contribution is -2.59. The minimum atomic E-state index is 0.450. The Morgan fingerprint density at radius 3 is 2.53 bits per heavy atom. The van der Waals surface area contributed by atoms with Gasteiger partial charge in [-0.1, -0.05) is 27.7 Å². The minimum Gasteiger partial charge on any atom is -0.312 e. The van der Waals surface area contributed by atoms with Gasteiger partial charge < -0.3 is 5.32 Å². The summed E-state index contributed by atoms with van der Waals surface area (Å²) in [4.78, 5) is 5.37. The maximum Gasteiger partial charge on any atom is 0.0274 e. The molecule has 0 aromatic rings. The van der Waals surface area contributed by atoms with Crippen molar-refractivity contribution in [3.8, 4) is 0 Å². The Morgan fingerprint density at radius 2 is 1.95 bits per heavy atom. The Hall–Kier alpha value is -0.120. The van der Waals surface area contributed by atoms with Gasteiger partial charge >= 0.3 is 0 Å². The Morgan fingerprint density at radius 1 is 1.21 bits per heavy atom. The van der Waals surface area contributed by atoms with Crippen LogP contribution in [0.1, 0.15) is 47.5 Å². The number of nitrogens with zero attached hydrogens (tertiary/aromatic N) is 2. The van der Waals surface area contributed by atoms with Crippen molar-refractivity contribution < 1.29 is 0 Å². The summed E-state index contributed by atoms with van der Waals surface area (Å²) in [6.07, 6.45) is 2.72. The summed E-state index contributed by atoms with van der Waals surface area (Å²) >= 11 is 0. The lowest BCUT2D eigenvalue weighted by molar-refractivity contribution is 0.0454. The third-order valence-electron chi connectivity index (χ3n) is 5.41. The highest BCUT2D eigenvalue weighted by molar-refractivity contribution is 5.02. The quantitative estimate of drug-likeness (QED) is 0.842. The van der Waals surface area contributed by atoms with Crippen LogP contribution < -0.4 is 5.32 Å². The van der Waals surface area contributed by atoms with Crippen molar-refractivity contribution >= 4 is 0 Å². The number of rotatable bonds is 4. The van der Waals surface area contributed by atoms with E-state index in [0.717, 1.165) is 12.6 Å². The topological polar surface area (TPSA) is 18.5 Å². The molecule has 1 heterocycles. The van der Waals surface area contributed by atoms with Crippen molar-refractivity contribution in [1.82, 2.24) is 15.1 Å². The predicted molar refractivity (Wildman–Crippen MR) is 82.5 cm³/mol. The van der Waals surface area contributed by atoms with Crippen LogP contribution in [0.5, 0.6) is 0 Å². The van der Waals surface area contributed by atoms with Crippen molar-refractivity contribution in [3.05, 3.63) is 0 Å². The number of hydrogen-bond acceptors (Lipinski definition) is 3. The van der Waals surface area contributed by atoms with E-state index >= 15 is 0 Å². The fourth-order valence-corrected chi connectivity index (χ4v) is 4.18. The summed E-state index contributed by atoms with van der Waals surface area (Å²) in [7, 11) is 0. The van der Waals surface area contributed by atoms with Gasteiger partial charge in [-0.05, 0) is 38.3 Å². The van der Waals surface area contributed by atoms with Crippen molar-refractivity contribution in [2.45, 2.75) is 65.6 Å². The molecular weight excluding hydrogens is 234 g/mol. The molecule has 2 fully saturated rings. The van der Waals surface area contributed by atoms with E-state index in [1.54, 1.807) is 0 Å². The van der Waals surface area contributed by atoms with Gasteiger partial charge in [-0.25, -0.2) is 0 Å². The average molecular weight is 267 g/mol. The van der Waals surface area contributed by atoms with Crippen molar-refractivity contribution in [1.29, 1.82) is 0 Å². The molecule has 1 aliphatic heterocycles. The number of piperazine rings is 1. The molecule has 1 N–H and O–H groups in total. The summed E-state index contributed by atoms with van der Waals surface area (Å²) in [5.41, 5.74) is 0.450. The second-order valence-electron chi connectivity index (χ2n) is 7.10. The second-order valence-corrected chi connectivity index (χ2v) is 7.10. The van der Waals surface area contributed by atoms with Crippen LogP contribution in [-0.4, -0.2) is 60.6 Å². The summed E-state index contributed by atoms with van der Waals surface area (Å²) < 4.78 is 0. The molecule has 1 saturated carbocycles. The Labute approximate surface area is 119 Å². The molecule has 2 rings (SSSR count). The molecule has 0 aromatic heterocycles. The van der Waals surface area contributed by atoms with Crippen LogP contribution >= 0.6 is 0 Å². The van der Waals surface area contributed by atoms with Gasteiger partial charge in [0.25, 0.3) is 0 Å². The van der Waals surface area contributed by atoms with E-state index < -0.39 is 0 Å². The van der Waals surface area contributed by atoms with Gasteiger partial charge in [-0.3, -0.25) is 9.80 Å². The van der Waals surface area contributed by atoms with E-state index in [-0.39, 0.29) is 0 Å². The summed E-state index contributed by atoms with van der Waals surface area (Å²) in [5.74, 6) is 0. The Balaban J connectivity index is 2.01. The fourth-order valence-electron chi connectivity index (χ4n) is 4.18. The lowest BCUT2D eigenvalue weighted by Gasteiger charge is -2.45. The molecule has 1 aliphatic carbocycles. The van der Waals surface area contributed by atoms with E-state index in [9.17, 15) is 0 Å². The molecule has 2 aliphatic rings. The molecule has 0 aromatic carbocycles. The Bertz CT molecular complexity index is 290. The molecule has 112 valence electrons. The molecular formula is C16H33N3. The zero-order valence-corrected chi connectivity index (χ0v) is 13.6. The zero-order chi connectivity index (χ0) is 14.0. The predicted octanol–water partition coefficient (Wildman–Crippen LogP) is 2.18. The second kappa shape index (κ2) is 6.11. The van der Waals surface area contributed by atoms with Crippen LogP contribution in [0.3, 0.4) is 0 Å². The molecule has 1 saturated heterocycles. The minimum absolute atomic E-state index is 0.450. The van der Waals surface area contributed by atoms with Gasteiger partial charge in [-0.15, -0.1) is 0 Å². The lowest BCUT2D eigenvalue weighted by atomic mass is 9.86. The number of likely N-dealkylation sites (N-methyl/N-ethyl adjacent to an activating group) is 2. The molecule has 19 heavy (non-hydrogen) atoms. The highest BCUT2D eigenvalue weighted by atomic mass is 15.3. The molecule has 3 nitrogen and oxygen atoms in total. The third-order valence-corrected chi connectivity index (χ3v) is 5.41. The van der Waals surface area contributed by atoms with Crippen LogP contribution in [0, 0.1) is 5.41 Å². The number of nitrogens with one attached hydrogen (secondary N) is 1. The van der Waals surface area contributed by atoms with Gasteiger partial charge in [0.2, 0.25) is 0 Å². The van der Waals surface area contributed by atoms with E-state index in [2.05, 4.69) is 49.7 Å². The summed E-state index contributed by atoms with van der Waals surface area (Å²) in [6.45, 7) is 17.8. The van der Waals surface area contributed by atoms with Gasteiger partial charge in [0.05, 0.1) is 0 Å². The van der Waals surface area contributed by atoms with Crippen LogP contribution in [0.15, 0.2) is 0 Å². The standard InChI is InChI=1S/C16H33N3/c1-6-17-15-14(8-9-16(15,4)5)19-11-10-18(7-2)13(3)12-19/h13-15,17H,6-12H2,1-5H3. The maximum atomic E-state index is 3.77. The average Bonchev–Trinajstić information content (AvgIpc) is 2.66. The van der Waals surface area contributed by atoms with Crippen LogP contribution in [0.25, 0.3) is 0 Å². The normalized spacial score (nSPS) is 36.8. The first-order valence-corrected chi connectivity index (χ1v) is 8.21. The van der Waals surface area contributed by atoms with E-state index in [0.29, 0.717) is 17.5 Å².